The van der Waals surface area contributed by atoms with Gasteiger partial charge in [0.25, 0.3) is 0 Å². The molecule has 178 valence electrons. The summed E-state index contributed by atoms with van der Waals surface area (Å²) >= 11 is 0. The first-order valence-electron chi connectivity index (χ1n) is 11.9. The fourth-order valence-electron chi connectivity index (χ4n) is 3.82. The predicted molar refractivity (Wildman–Crippen MR) is 120 cm³/mol. The Morgan fingerprint density at radius 3 is 1.90 bits per heavy atom. The molecule has 0 aliphatic carbocycles. The number of piperazine rings is 2. The summed E-state index contributed by atoms with van der Waals surface area (Å²) in [5, 5.41) is 2.09. The number of hydrogen-bond acceptors (Lipinski definition) is 8. The minimum atomic E-state index is 0.660. The summed E-state index contributed by atoms with van der Waals surface area (Å²) in [5.74, 6) is 0. The second kappa shape index (κ2) is 17.3. The van der Waals surface area contributed by atoms with Crippen LogP contribution in [0.2, 0.25) is 0 Å². The average Bonchev–Trinajstić information content (AvgIpc) is 2.77. The van der Waals surface area contributed by atoms with Crippen molar-refractivity contribution in [1.82, 2.24) is 19.8 Å². The lowest BCUT2D eigenvalue weighted by Gasteiger charge is -2.33. The van der Waals surface area contributed by atoms with E-state index in [1.165, 1.54) is 39.1 Å². The fourth-order valence-corrected chi connectivity index (χ4v) is 3.82. The highest BCUT2D eigenvalue weighted by Gasteiger charge is 2.17. The van der Waals surface area contributed by atoms with Gasteiger partial charge in [0.1, 0.15) is 0 Å². The minimum Gasteiger partial charge on any atom is -0.385 e. The molecule has 0 aromatic heterocycles. The van der Waals surface area contributed by atoms with Gasteiger partial charge in [-0.05, 0) is 39.3 Å². The summed E-state index contributed by atoms with van der Waals surface area (Å²) in [4.78, 5) is 13.3. The van der Waals surface area contributed by atoms with E-state index in [-0.39, 0.29) is 0 Å². The maximum Gasteiger partial charge on any atom is 0.0918 e. The van der Waals surface area contributed by atoms with Crippen LogP contribution in [0, 0.1) is 0 Å². The Morgan fingerprint density at radius 2 is 1.17 bits per heavy atom. The molecule has 0 radical (unpaired) electrons. The van der Waals surface area contributed by atoms with Crippen LogP contribution in [0.5, 0.6) is 0 Å². The number of hydroxylamine groups is 2. The highest BCUT2D eigenvalue weighted by molar-refractivity contribution is 4.69. The molecule has 0 atom stereocenters. The third-order valence-corrected chi connectivity index (χ3v) is 5.84. The number of likely N-dealkylation sites (N-methyl/N-ethyl adjacent to an activating group) is 1. The molecular formula is C22H46N4O4. The predicted octanol–water partition coefficient (Wildman–Crippen LogP) is 1.02. The Labute approximate surface area is 184 Å². The van der Waals surface area contributed by atoms with E-state index in [4.69, 9.17) is 19.0 Å². The Bertz CT molecular complexity index is 389. The molecule has 0 aromatic carbocycles. The van der Waals surface area contributed by atoms with Gasteiger partial charge in [-0.15, -0.1) is 0 Å². The van der Waals surface area contributed by atoms with E-state index in [9.17, 15) is 0 Å². The number of unbranched alkanes of at least 4 members (excludes halogenated alkanes) is 1. The summed E-state index contributed by atoms with van der Waals surface area (Å²) in [5.41, 5.74) is 0. The fraction of sp³-hybridized carbons (Fsp3) is 1.00. The van der Waals surface area contributed by atoms with Crippen molar-refractivity contribution in [2.45, 2.75) is 25.7 Å². The molecule has 0 amide bonds. The van der Waals surface area contributed by atoms with E-state index in [0.29, 0.717) is 13.2 Å². The summed E-state index contributed by atoms with van der Waals surface area (Å²) in [6.45, 7) is 15.8. The molecule has 0 aromatic rings. The first-order valence-corrected chi connectivity index (χ1v) is 11.9. The van der Waals surface area contributed by atoms with Gasteiger partial charge in [0.2, 0.25) is 0 Å². The average molecular weight is 431 g/mol. The van der Waals surface area contributed by atoms with Crippen molar-refractivity contribution in [2.75, 3.05) is 119 Å². The van der Waals surface area contributed by atoms with Gasteiger partial charge in [0, 0.05) is 92.4 Å². The minimum absolute atomic E-state index is 0.660. The van der Waals surface area contributed by atoms with E-state index >= 15 is 0 Å². The first kappa shape index (κ1) is 25.9. The summed E-state index contributed by atoms with van der Waals surface area (Å²) in [6, 6.07) is 0. The monoisotopic (exact) mass is 430 g/mol. The lowest BCUT2D eigenvalue weighted by molar-refractivity contribution is -0.185. The van der Waals surface area contributed by atoms with Gasteiger partial charge in [-0.25, -0.2) is 0 Å². The van der Waals surface area contributed by atoms with Gasteiger partial charge in [-0.3, -0.25) is 4.84 Å². The van der Waals surface area contributed by atoms with Gasteiger partial charge in [-0.2, -0.15) is 5.06 Å². The maximum absolute atomic E-state index is 5.86. The molecule has 30 heavy (non-hydrogen) atoms. The zero-order chi connectivity index (χ0) is 21.3. The number of ether oxygens (including phenoxy) is 3. The summed E-state index contributed by atoms with van der Waals surface area (Å²) in [6.07, 6.45) is 4.44. The van der Waals surface area contributed by atoms with Gasteiger partial charge in [0.05, 0.1) is 13.2 Å². The molecule has 0 N–H and O–H groups in total. The SMILES string of the molecule is COCCCOCCCN1CCN(OCCOCCCCN2CCN(C)CC2)CC1. The van der Waals surface area contributed by atoms with Crippen LogP contribution in [0.1, 0.15) is 25.7 Å². The van der Waals surface area contributed by atoms with Crippen LogP contribution in [-0.4, -0.2) is 139 Å². The van der Waals surface area contributed by atoms with Crippen molar-refractivity contribution in [3.8, 4) is 0 Å². The molecule has 2 heterocycles. The van der Waals surface area contributed by atoms with Crippen LogP contribution >= 0.6 is 0 Å². The number of rotatable bonds is 17. The highest BCUT2D eigenvalue weighted by atomic mass is 16.7. The molecule has 2 aliphatic heterocycles. The number of methoxy groups -OCH3 is 1. The normalized spacial score (nSPS) is 20.2. The molecule has 8 heteroatoms. The van der Waals surface area contributed by atoms with E-state index < -0.39 is 0 Å². The van der Waals surface area contributed by atoms with Crippen LogP contribution in [0.25, 0.3) is 0 Å². The van der Waals surface area contributed by atoms with E-state index in [1.807, 2.05) is 0 Å². The van der Waals surface area contributed by atoms with Crippen LogP contribution in [-0.2, 0) is 19.0 Å². The zero-order valence-corrected chi connectivity index (χ0v) is 19.6. The van der Waals surface area contributed by atoms with Crippen molar-refractivity contribution in [2.24, 2.45) is 0 Å². The largest absolute Gasteiger partial charge is 0.385 e. The molecule has 2 fully saturated rings. The first-order chi connectivity index (χ1) is 14.8. The topological polar surface area (TPSA) is 49.9 Å². The molecule has 0 spiro atoms. The van der Waals surface area contributed by atoms with Crippen LogP contribution in [0.4, 0.5) is 0 Å². The Balaban J connectivity index is 1.32. The molecule has 2 saturated heterocycles. The van der Waals surface area contributed by atoms with Crippen molar-refractivity contribution >= 4 is 0 Å². The van der Waals surface area contributed by atoms with E-state index in [2.05, 4.69) is 26.8 Å². The number of nitrogens with zero attached hydrogens (tertiary/aromatic N) is 4. The van der Waals surface area contributed by atoms with Gasteiger partial charge in [0.15, 0.2) is 0 Å². The lowest BCUT2D eigenvalue weighted by Crippen LogP contribution is -2.46. The van der Waals surface area contributed by atoms with Crippen LogP contribution in [0.3, 0.4) is 0 Å². The molecule has 0 saturated carbocycles. The van der Waals surface area contributed by atoms with Crippen LogP contribution < -0.4 is 0 Å². The Morgan fingerprint density at radius 1 is 0.567 bits per heavy atom. The lowest BCUT2D eigenvalue weighted by atomic mass is 10.2. The van der Waals surface area contributed by atoms with Crippen molar-refractivity contribution in [3.05, 3.63) is 0 Å². The summed E-state index contributed by atoms with van der Waals surface area (Å²) in [7, 11) is 3.93. The second-order valence-corrected chi connectivity index (χ2v) is 8.38. The van der Waals surface area contributed by atoms with E-state index in [0.717, 1.165) is 78.4 Å². The molecular weight excluding hydrogens is 384 g/mol. The Hall–Kier alpha value is -0.320. The van der Waals surface area contributed by atoms with Crippen molar-refractivity contribution < 1.29 is 19.0 Å². The third-order valence-electron chi connectivity index (χ3n) is 5.84. The molecule has 8 nitrogen and oxygen atoms in total. The van der Waals surface area contributed by atoms with Crippen molar-refractivity contribution in [1.29, 1.82) is 0 Å². The molecule has 0 bridgehead atoms. The third kappa shape index (κ3) is 12.5. The van der Waals surface area contributed by atoms with E-state index in [1.54, 1.807) is 7.11 Å². The van der Waals surface area contributed by atoms with Crippen molar-refractivity contribution in [3.63, 3.8) is 0 Å². The quantitative estimate of drug-likeness (QED) is 0.317. The zero-order valence-electron chi connectivity index (χ0n) is 19.6. The van der Waals surface area contributed by atoms with Gasteiger partial charge in [-0.1, -0.05) is 0 Å². The maximum atomic E-state index is 5.86. The molecule has 2 aliphatic rings. The number of hydrogen-bond donors (Lipinski definition) is 0. The standard InChI is InChI=1S/C22H46N4O4/c1-23-9-11-24(12-10-23)7-3-4-18-29-21-22-30-26-15-13-25(14-16-26)8-5-19-28-20-6-17-27-2/h3-22H2,1-2H3. The molecule has 0 unspecified atom stereocenters. The molecule has 2 rings (SSSR count). The highest BCUT2D eigenvalue weighted by Crippen LogP contribution is 2.04. The van der Waals surface area contributed by atoms with Gasteiger partial charge < -0.3 is 28.9 Å². The van der Waals surface area contributed by atoms with Crippen LogP contribution in [0.15, 0.2) is 0 Å². The second-order valence-electron chi connectivity index (χ2n) is 8.38. The smallest absolute Gasteiger partial charge is 0.0918 e. The Kier molecular flexibility index (Phi) is 14.9. The van der Waals surface area contributed by atoms with Gasteiger partial charge >= 0.3 is 0 Å². The summed E-state index contributed by atoms with van der Waals surface area (Å²) < 4.78 is 16.4.